The summed E-state index contributed by atoms with van der Waals surface area (Å²) in [7, 11) is 1.54. The van der Waals surface area contributed by atoms with E-state index in [1.54, 1.807) is 18.2 Å². The van der Waals surface area contributed by atoms with Crippen LogP contribution in [0.3, 0.4) is 0 Å². The minimum atomic E-state index is 0.318. The van der Waals surface area contributed by atoms with Crippen molar-refractivity contribution in [3.05, 3.63) is 52.0 Å². The predicted octanol–water partition coefficient (Wildman–Crippen LogP) is 3.76. The lowest BCUT2D eigenvalue weighted by atomic mass is 10.2. The molecule has 0 bridgehead atoms. The van der Waals surface area contributed by atoms with Gasteiger partial charge in [-0.3, -0.25) is 0 Å². The van der Waals surface area contributed by atoms with Crippen molar-refractivity contribution in [1.29, 1.82) is 0 Å². The molecule has 0 unspecified atom stereocenters. The normalized spacial score (nSPS) is 10.6. The lowest BCUT2D eigenvalue weighted by Crippen LogP contribution is -1.99. The number of rotatable bonds is 5. The standard InChI is InChI=1S/C15H12Cl2N4O2/c1-22-13-7-10(15-18-20-21-19-15)6-12(17)14(13)23-8-9-3-2-4-11(16)5-9/h2-7H,8H2,1H3,(H,18,19,20,21). The Morgan fingerprint density at radius 2 is 2.04 bits per heavy atom. The van der Waals surface area contributed by atoms with Crippen molar-refractivity contribution in [3.63, 3.8) is 0 Å². The summed E-state index contributed by atoms with van der Waals surface area (Å²) in [5.74, 6) is 1.35. The van der Waals surface area contributed by atoms with Gasteiger partial charge in [0.15, 0.2) is 11.5 Å². The number of nitrogens with one attached hydrogen (secondary N) is 1. The molecule has 3 aromatic rings. The van der Waals surface area contributed by atoms with Gasteiger partial charge in [0.1, 0.15) is 6.61 Å². The fraction of sp³-hybridized carbons (Fsp3) is 0.133. The van der Waals surface area contributed by atoms with Gasteiger partial charge in [-0.05, 0) is 35.0 Å². The maximum Gasteiger partial charge on any atom is 0.204 e. The number of benzene rings is 2. The highest BCUT2D eigenvalue weighted by Crippen LogP contribution is 2.39. The Balaban J connectivity index is 1.87. The molecule has 0 atom stereocenters. The Morgan fingerprint density at radius 3 is 2.74 bits per heavy atom. The molecule has 0 aliphatic heterocycles. The summed E-state index contributed by atoms with van der Waals surface area (Å²) >= 11 is 12.3. The van der Waals surface area contributed by atoms with Crippen LogP contribution in [0.2, 0.25) is 10.0 Å². The molecule has 2 aromatic carbocycles. The maximum atomic E-state index is 6.31. The van der Waals surface area contributed by atoms with Crippen molar-refractivity contribution in [3.8, 4) is 22.9 Å². The third-order valence-electron chi connectivity index (χ3n) is 3.11. The zero-order valence-electron chi connectivity index (χ0n) is 12.1. The Morgan fingerprint density at radius 1 is 1.17 bits per heavy atom. The second-order valence-electron chi connectivity index (χ2n) is 4.64. The number of ether oxygens (including phenoxy) is 2. The number of hydrogen-bond acceptors (Lipinski definition) is 5. The molecule has 0 spiro atoms. The van der Waals surface area contributed by atoms with Crippen molar-refractivity contribution in [2.24, 2.45) is 0 Å². The van der Waals surface area contributed by atoms with Crippen LogP contribution in [0.25, 0.3) is 11.4 Å². The summed E-state index contributed by atoms with van der Waals surface area (Å²) in [6.07, 6.45) is 0. The van der Waals surface area contributed by atoms with Crippen LogP contribution in [0.15, 0.2) is 36.4 Å². The number of tetrazole rings is 1. The molecular formula is C15H12Cl2N4O2. The molecule has 8 heteroatoms. The number of aromatic nitrogens is 4. The number of H-pyrrole nitrogens is 1. The van der Waals surface area contributed by atoms with E-state index in [1.807, 2.05) is 18.2 Å². The van der Waals surface area contributed by atoms with Crippen molar-refractivity contribution in [2.45, 2.75) is 6.61 Å². The van der Waals surface area contributed by atoms with Gasteiger partial charge in [0, 0.05) is 10.6 Å². The molecule has 1 heterocycles. The van der Waals surface area contributed by atoms with Crippen LogP contribution in [0, 0.1) is 0 Å². The van der Waals surface area contributed by atoms with E-state index in [0.717, 1.165) is 5.56 Å². The van der Waals surface area contributed by atoms with E-state index >= 15 is 0 Å². The van der Waals surface area contributed by atoms with Crippen LogP contribution >= 0.6 is 23.2 Å². The molecule has 3 rings (SSSR count). The van der Waals surface area contributed by atoms with Gasteiger partial charge < -0.3 is 9.47 Å². The van der Waals surface area contributed by atoms with Gasteiger partial charge >= 0.3 is 0 Å². The van der Waals surface area contributed by atoms with Crippen LogP contribution in [0.5, 0.6) is 11.5 Å². The highest BCUT2D eigenvalue weighted by molar-refractivity contribution is 6.32. The highest BCUT2D eigenvalue weighted by atomic mass is 35.5. The van der Waals surface area contributed by atoms with E-state index in [-0.39, 0.29) is 0 Å². The summed E-state index contributed by atoms with van der Waals surface area (Å²) < 4.78 is 11.1. The van der Waals surface area contributed by atoms with E-state index < -0.39 is 0 Å². The molecule has 118 valence electrons. The second kappa shape index (κ2) is 6.85. The largest absolute Gasteiger partial charge is 0.493 e. The van der Waals surface area contributed by atoms with Crippen LogP contribution in [-0.2, 0) is 6.61 Å². The molecule has 0 amide bonds. The van der Waals surface area contributed by atoms with Crippen molar-refractivity contribution in [2.75, 3.05) is 7.11 Å². The SMILES string of the molecule is COc1cc(-c2nn[nH]n2)cc(Cl)c1OCc1cccc(Cl)c1. The molecule has 1 aromatic heterocycles. The first-order chi connectivity index (χ1) is 11.2. The van der Waals surface area contributed by atoms with Gasteiger partial charge in [-0.15, -0.1) is 10.2 Å². The summed E-state index contributed by atoms with van der Waals surface area (Å²) in [5.41, 5.74) is 1.61. The van der Waals surface area contributed by atoms with E-state index in [0.29, 0.717) is 39.5 Å². The van der Waals surface area contributed by atoms with Crippen LogP contribution in [0.1, 0.15) is 5.56 Å². The highest BCUT2D eigenvalue weighted by Gasteiger charge is 2.15. The summed E-state index contributed by atoms with van der Waals surface area (Å²) in [6, 6.07) is 10.8. The van der Waals surface area contributed by atoms with Gasteiger partial charge in [-0.2, -0.15) is 5.21 Å². The Bertz CT molecular complexity index is 809. The summed E-state index contributed by atoms with van der Waals surface area (Å²) in [6.45, 7) is 0.318. The van der Waals surface area contributed by atoms with E-state index in [2.05, 4.69) is 20.6 Å². The van der Waals surface area contributed by atoms with Gasteiger partial charge in [0.05, 0.1) is 12.1 Å². The van der Waals surface area contributed by atoms with E-state index in [1.165, 1.54) is 7.11 Å². The molecule has 0 radical (unpaired) electrons. The quantitative estimate of drug-likeness (QED) is 0.758. The van der Waals surface area contributed by atoms with E-state index in [9.17, 15) is 0 Å². The molecule has 0 fully saturated rings. The van der Waals surface area contributed by atoms with Crippen molar-refractivity contribution < 1.29 is 9.47 Å². The second-order valence-corrected chi connectivity index (χ2v) is 5.49. The third kappa shape index (κ3) is 3.55. The third-order valence-corrected chi connectivity index (χ3v) is 3.62. The van der Waals surface area contributed by atoms with Crippen molar-refractivity contribution >= 4 is 23.2 Å². The zero-order valence-corrected chi connectivity index (χ0v) is 13.6. The first kappa shape index (κ1) is 15.6. The predicted molar refractivity (Wildman–Crippen MR) is 87.0 cm³/mol. The molecular weight excluding hydrogens is 339 g/mol. The Kier molecular flexibility index (Phi) is 4.64. The van der Waals surface area contributed by atoms with E-state index in [4.69, 9.17) is 32.7 Å². The molecule has 6 nitrogen and oxygen atoms in total. The van der Waals surface area contributed by atoms with Crippen molar-refractivity contribution in [1.82, 2.24) is 20.6 Å². The first-order valence-corrected chi connectivity index (χ1v) is 7.41. The fourth-order valence-electron chi connectivity index (χ4n) is 2.06. The lowest BCUT2D eigenvalue weighted by molar-refractivity contribution is 0.285. The van der Waals surface area contributed by atoms with Gasteiger partial charge in [0.2, 0.25) is 5.82 Å². The molecule has 23 heavy (non-hydrogen) atoms. The molecule has 0 saturated heterocycles. The molecule has 0 saturated carbocycles. The van der Waals surface area contributed by atoms with Gasteiger partial charge in [0.25, 0.3) is 0 Å². The number of methoxy groups -OCH3 is 1. The Labute approximate surface area is 142 Å². The first-order valence-electron chi connectivity index (χ1n) is 6.66. The monoisotopic (exact) mass is 350 g/mol. The smallest absolute Gasteiger partial charge is 0.204 e. The minimum absolute atomic E-state index is 0.318. The van der Waals surface area contributed by atoms with Crippen LogP contribution in [0.4, 0.5) is 0 Å². The fourth-order valence-corrected chi connectivity index (χ4v) is 2.53. The minimum Gasteiger partial charge on any atom is -0.493 e. The topological polar surface area (TPSA) is 72.9 Å². The number of aromatic amines is 1. The van der Waals surface area contributed by atoms with Gasteiger partial charge in [-0.25, -0.2) is 0 Å². The van der Waals surface area contributed by atoms with Gasteiger partial charge in [-0.1, -0.05) is 35.3 Å². The molecule has 1 N–H and O–H groups in total. The average molecular weight is 351 g/mol. The maximum absolute atomic E-state index is 6.31. The zero-order chi connectivity index (χ0) is 16.2. The summed E-state index contributed by atoms with van der Waals surface area (Å²) in [5, 5.41) is 14.8. The Hall–Kier alpha value is -2.31. The van der Waals surface area contributed by atoms with Crippen LogP contribution < -0.4 is 9.47 Å². The van der Waals surface area contributed by atoms with Crippen LogP contribution in [-0.4, -0.2) is 27.7 Å². The number of halogens is 2. The average Bonchev–Trinajstić information content (AvgIpc) is 3.07. The number of hydrogen-bond donors (Lipinski definition) is 1. The number of nitrogens with zero attached hydrogens (tertiary/aromatic N) is 3. The summed E-state index contributed by atoms with van der Waals surface area (Å²) in [4.78, 5) is 0. The molecule has 0 aliphatic carbocycles. The lowest BCUT2D eigenvalue weighted by Gasteiger charge is -2.13. The molecule has 0 aliphatic rings.